The molecule has 0 spiro atoms. The van der Waals surface area contributed by atoms with Crippen LogP contribution in [0.25, 0.3) is 0 Å². The second kappa shape index (κ2) is 5.58. The van der Waals surface area contributed by atoms with Crippen LogP contribution in [0.5, 0.6) is 0 Å². The van der Waals surface area contributed by atoms with Crippen LogP contribution in [0.15, 0.2) is 36.8 Å². The number of aromatic nitrogens is 3. The number of Topliss-reactive ketones (excluding diaryl/α,β-unsaturated/α-hetero) is 1. The van der Waals surface area contributed by atoms with Crippen molar-refractivity contribution in [2.75, 3.05) is 0 Å². The van der Waals surface area contributed by atoms with Crippen LogP contribution in [0.3, 0.4) is 0 Å². The fraction of sp³-hybridized carbons (Fsp3) is 0.357. The standard InChI is InChI=1S/C14H17N3O/c1-11(2)17-13(7-9-16-17)14(18)6-5-12-4-3-8-15-10-12/h3-4,7-11H,5-6H2,1-2H3. The fourth-order valence-electron chi connectivity index (χ4n) is 1.88. The Morgan fingerprint density at radius 1 is 1.33 bits per heavy atom. The van der Waals surface area contributed by atoms with Crippen molar-refractivity contribution in [1.82, 2.24) is 14.8 Å². The minimum absolute atomic E-state index is 0.130. The number of pyridine rings is 1. The summed E-state index contributed by atoms with van der Waals surface area (Å²) < 4.78 is 1.77. The average molecular weight is 243 g/mol. The normalized spacial score (nSPS) is 10.8. The first kappa shape index (κ1) is 12.5. The molecule has 2 aromatic heterocycles. The lowest BCUT2D eigenvalue weighted by molar-refractivity contribution is 0.0970. The molecule has 2 aromatic rings. The van der Waals surface area contributed by atoms with Crippen LogP contribution >= 0.6 is 0 Å². The SMILES string of the molecule is CC(C)n1nccc1C(=O)CCc1cccnc1. The third kappa shape index (κ3) is 2.83. The molecule has 0 aromatic carbocycles. The molecular formula is C14H17N3O. The highest BCUT2D eigenvalue weighted by molar-refractivity contribution is 5.94. The van der Waals surface area contributed by atoms with Crippen LogP contribution in [0, 0.1) is 0 Å². The van der Waals surface area contributed by atoms with Gasteiger partial charge in [0, 0.05) is 31.1 Å². The van der Waals surface area contributed by atoms with Gasteiger partial charge >= 0.3 is 0 Å². The molecule has 0 aliphatic heterocycles. The Labute approximate surface area is 107 Å². The molecule has 0 N–H and O–H groups in total. The quantitative estimate of drug-likeness (QED) is 0.758. The summed E-state index contributed by atoms with van der Waals surface area (Å²) in [5.74, 6) is 0.130. The highest BCUT2D eigenvalue weighted by Gasteiger charge is 2.13. The molecule has 0 atom stereocenters. The summed E-state index contributed by atoms with van der Waals surface area (Å²) in [6.07, 6.45) is 6.42. The predicted octanol–water partition coefficient (Wildman–Crippen LogP) is 2.67. The van der Waals surface area contributed by atoms with Crippen LogP contribution in [-0.2, 0) is 6.42 Å². The fourth-order valence-corrected chi connectivity index (χ4v) is 1.88. The van der Waals surface area contributed by atoms with Crippen LogP contribution < -0.4 is 0 Å². The van der Waals surface area contributed by atoms with E-state index in [1.54, 1.807) is 29.3 Å². The van der Waals surface area contributed by atoms with E-state index in [2.05, 4.69) is 10.1 Å². The molecule has 4 heteroatoms. The number of aryl methyl sites for hydroxylation is 1. The Balaban J connectivity index is 2.02. The van der Waals surface area contributed by atoms with Gasteiger partial charge in [0.05, 0.1) is 0 Å². The van der Waals surface area contributed by atoms with Gasteiger partial charge in [-0.05, 0) is 38.0 Å². The van der Waals surface area contributed by atoms with E-state index < -0.39 is 0 Å². The largest absolute Gasteiger partial charge is 0.292 e. The minimum Gasteiger partial charge on any atom is -0.292 e. The maximum absolute atomic E-state index is 12.1. The summed E-state index contributed by atoms with van der Waals surface area (Å²) in [5, 5.41) is 4.18. The minimum atomic E-state index is 0.130. The van der Waals surface area contributed by atoms with Crippen LogP contribution in [-0.4, -0.2) is 20.5 Å². The Morgan fingerprint density at radius 3 is 2.83 bits per heavy atom. The topological polar surface area (TPSA) is 47.8 Å². The van der Waals surface area contributed by atoms with Crippen molar-refractivity contribution in [3.63, 3.8) is 0 Å². The zero-order valence-corrected chi connectivity index (χ0v) is 10.7. The van der Waals surface area contributed by atoms with Gasteiger partial charge in [-0.2, -0.15) is 5.10 Å². The van der Waals surface area contributed by atoms with Gasteiger partial charge in [-0.1, -0.05) is 6.07 Å². The Kier molecular flexibility index (Phi) is 3.87. The summed E-state index contributed by atoms with van der Waals surface area (Å²) in [6, 6.07) is 5.86. The second-order valence-corrected chi connectivity index (χ2v) is 4.54. The van der Waals surface area contributed by atoms with Crippen LogP contribution in [0.4, 0.5) is 0 Å². The molecule has 4 nitrogen and oxygen atoms in total. The van der Waals surface area contributed by atoms with Gasteiger partial charge < -0.3 is 0 Å². The van der Waals surface area contributed by atoms with Gasteiger partial charge in [0.1, 0.15) is 5.69 Å². The number of ketones is 1. The molecule has 0 saturated carbocycles. The van der Waals surface area contributed by atoms with E-state index in [0.29, 0.717) is 12.1 Å². The summed E-state index contributed by atoms with van der Waals surface area (Å²) in [7, 11) is 0. The van der Waals surface area contributed by atoms with Crippen molar-refractivity contribution in [3.8, 4) is 0 Å². The molecule has 0 saturated heterocycles. The highest BCUT2D eigenvalue weighted by Crippen LogP contribution is 2.12. The lowest BCUT2D eigenvalue weighted by Crippen LogP contribution is -2.13. The van der Waals surface area contributed by atoms with Crippen molar-refractivity contribution in [1.29, 1.82) is 0 Å². The smallest absolute Gasteiger partial charge is 0.181 e. The van der Waals surface area contributed by atoms with Crippen molar-refractivity contribution in [2.24, 2.45) is 0 Å². The van der Waals surface area contributed by atoms with E-state index in [4.69, 9.17) is 0 Å². The molecular weight excluding hydrogens is 226 g/mol. The monoisotopic (exact) mass is 243 g/mol. The molecule has 0 amide bonds. The Hall–Kier alpha value is -1.97. The first-order chi connectivity index (χ1) is 8.68. The number of carbonyl (C=O) groups excluding carboxylic acids is 1. The number of hydrogen-bond acceptors (Lipinski definition) is 3. The number of hydrogen-bond donors (Lipinski definition) is 0. The van der Waals surface area contributed by atoms with E-state index in [0.717, 1.165) is 12.0 Å². The van der Waals surface area contributed by atoms with E-state index in [1.807, 2.05) is 26.0 Å². The Morgan fingerprint density at radius 2 is 2.17 bits per heavy atom. The van der Waals surface area contributed by atoms with Gasteiger partial charge in [-0.25, -0.2) is 0 Å². The molecule has 0 fully saturated rings. The third-order valence-corrected chi connectivity index (χ3v) is 2.81. The first-order valence-electron chi connectivity index (χ1n) is 6.14. The summed E-state index contributed by atoms with van der Waals surface area (Å²) in [6.45, 7) is 4.04. The van der Waals surface area contributed by atoms with Gasteiger partial charge in [0.15, 0.2) is 5.78 Å². The molecule has 0 aliphatic rings. The second-order valence-electron chi connectivity index (χ2n) is 4.54. The molecule has 18 heavy (non-hydrogen) atoms. The van der Waals surface area contributed by atoms with Gasteiger partial charge in [0.25, 0.3) is 0 Å². The van der Waals surface area contributed by atoms with Crippen molar-refractivity contribution in [3.05, 3.63) is 48.0 Å². The number of nitrogens with zero attached hydrogens (tertiary/aromatic N) is 3. The van der Waals surface area contributed by atoms with Crippen molar-refractivity contribution >= 4 is 5.78 Å². The lowest BCUT2D eigenvalue weighted by Gasteiger charge is -2.09. The molecule has 0 radical (unpaired) electrons. The average Bonchev–Trinajstić information content (AvgIpc) is 2.86. The summed E-state index contributed by atoms with van der Waals surface area (Å²) in [5.41, 5.74) is 1.77. The highest BCUT2D eigenvalue weighted by atomic mass is 16.1. The van der Waals surface area contributed by atoms with Gasteiger partial charge in [0.2, 0.25) is 0 Å². The summed E-state index contributed by atoms with van der Waals surface area (Å²) in [4.78, 5) is 16.2. The van der Waals surface area contributed by atoms with E-state index in [-0.39, 0.29) is 11.8 Å². The lowest BCUT2D eigenvalue weighted by atomic mass is 10.1. The molecule has 0 unspecified atom stereocenters. The van der Waals surface area contributed by atoms with Gasteiger partial charge in [-0.15, -0.1) is 0 Å². The Bertz CT molecular complexity index is 517. The number of carbonyl (C=O) groups is 1. The zero-order valence-electron chi connectivity index (χ0n) is 10.7. The van der Waals surface area contributed by atoms with Crippen LogP contribution in [0.2, 0.25) is 0 Å². The maximum Gasteiger partial charge on any atom is 0.181 e. The van der Waals surface area contributed by atoms with Crippen molar-refractivity contribution in [2.45, 2.75) is 32.7 Å². The van der Waals surface area contributed by atoms with E-state index in [9.17, 15) is 4.79 Å². The summed E-state index contributed by atoms with van der Waals surface area (Å²) >= 11 is 0. The molecule has 94 valence electrons. The molecule has 2 heterocycles. The van der Waals surface area contributed by atoms with Crippen molar-refractivity contribution < 1.29 is 4.79 Å². The first-order valence-corrected chi connectivity index (χ1v) is 6.14. The van der Waals surface area contributed by atoms with Gasteiger partial charge in [-0.3, -0.25) is 14.5 Å². The zero-order chi connectivity index (χ0) is 13.0. The third-order valence-electron chi connectivity index (χ3n) is 2.81. The molecule has 0 aliphatic carbocycles. The van der Waals surface area contributed by atoms with E-state index >= 15 is 0 Å². The number of rotatable bonds is 5. The van der Waals surface area contributed by atoms with Crippen LogP contribution in [0.1, 0.15) is 42.4 Å². The molecule has 2 rings (SSSR count). The van der Waals surface area contributed by atoms with E-state index in [1.165, 1.54) is 0 Å². The maximum atomic E-state index is 12.1. The molecule has 0 bridgehead atoms. The predicted molar refractivity (Wildman–Crippen MR) is 69.5 cm³/mol.